The first-order chi connectivity index (χ1) is 26.5. The molecule has 1 aromatic carbocycles. The van der Waals surface area contributed by atoms with Crippen LogP contribution in [0, 0.1) is 23.7 Å². The smallest absolute Gasteiger partial charge is 0.343 e. The molecule has 5 heterocycles. The summed E-state index contributed by atoms with van der Waals surface area (Å²) < 4.78 is 12.8. The molecular formula is C42H46N4O9. The molecule has 1 atom stereocenters. The van der Waals surface area contributed by atoms with Gasteiger partial charge in [0, 0.05) is 47.7 Å². The van der Waals surface area contributed by atoms with E-state index in [1.54, 1.807) is 23.6 Å². The second kappa shape index (κ2) is 14.5. The van der Waals surface area contributed by atoms with Crippen molar-refractivity contribution < 1.29 is 38.6 Å². The fourth-order valence-electron chi connectivity index (χ4n) is 9.28. The molecule has 13 heteroatoms. The number of esters is 2. The first kappa shape index (κ1) is 36.8. The molecule has 55 heavy (non-hydrogen) atoms. The van der Waals surface area contributed by atoms with Crippen LogP contribution < -0.4 is 15.6 Å². The van der Waals surface area contributed by atoms with Crippen molar-refractivity contribution in [1.82, 2.24) is 19.8 Å². The molecule has 3 aromatic rings. The van der Waals surface area contributed by atoms with Crippen molar-refractivity contribution in [3.63, 3.8) is 0 Å². The highest BCUT2D eigenvalue weighted by atomic mass is 16.6. The van der Waals surface area contributed by atoms with Crippen LogP contribution in [0.15, 0.2) is 41.2 Å². The largest absolute Gasteiger partial charge is 0.458 e. The number of aromatic nitrogens is 2. The summed E-state index contributed by atoms with van der Waals surface area (Å²) in [6.07, 6.45) is 9.40. The quantitative estimate of drug-likeness (QED) is 0.143. The Hall–Kier alpha value is -5.17. The number of rotatable bonds is 9. The van der Waals surface area contributed by atoms with E-state index < -0.39 is 11.6 Å². The Balaban J connectivity index is 0.869. The van der Waals surface area contributed by atoms with E-state index in [-0.39, 0.29) is 77.1 Å². The first-order valence-electron chi connectivity index (χ1n) is 19.6. The van der Waals surface area contributed by atoms with Crippen LogP contribution in [0.2, 0.25) is 0 Å². The highest BCUT2D eigenvalue weighted by molar-refractivity contribution is 6.12. The number of amides is 3. The number of ether oxygens (including phenoxy) is 2. The van der Waals surface area contributed by atoms with E-state index in [0.717, 1.165) is 55.0 Å². The summed E-state index contributed by atoms with van der Waals surface area (Å²) >= 11 is 0. The van der Waals surface area contributed by atoms with Gasteiger partial charge in [0.05, 0.1) is 34.9 Å². The molecule has 8 rings (SSSR count). The molecule has 2 aliphatic carbocycles. The summed E-state index contributed by atoms with van der Waals surface area (Å²) in [4.78, 5) is 82.6. The number of pyridine rings is 2. The van der Waals surface area contributed by atoms with Crippen molar-refractivity contribution >= 4 is 40.6 Å². The van der Waals surface area contributed by atoms with Crippen LogP contribution in [0.5, 0.6) is 5.75 Å². The number of cyclic esters (lactones) is 1. The zero-order chi connectivity index (χ0) is 38.6. The Bertz CT molecular complexity index is 2190. The molecule has 0 spiro atoms. The monoisotopic (exact) mass is 750 g/mol. The molecule has 0 radical (unpaired) electrons. The highest BCUT2D eigenvalue weighted by Crippen LogP contribution is 2.41. The molecule has 288 valence electrons. The van der Waals surface area contributed by atoms with Gasteiger partial charge in [-0.15, -0.1) is 0 Å². The molecule has 3 aliphatic heterocycles. The fraction of sp³-hybridized carbons (Fsp3) is 0.500. The molecular weight excluding hydrogens is 704 g/mol. The summed E-state index contributed by atoms with van der Waals surface area (Å²) in [6.45, 7) is 4.80. The van der Waals surface area contributed by atoms with Crippen LogP contribution in [-0.4, -0.2) is 62.3 Å². The van der Waals surface area contributed by atoms with Gasteiger partial charge in [-0.3, -0.25) is 28.9 Å². The minimum atomic E-state index is -1.90. The predicted octanol–water partition coefficient (Wildman–Crippen LogP) is 4.20. The van der Waals surface area contributed by atoms with Gasteiger partial charge in [0.25, 0.3) is 17.4 Å². The van der Waals surface area contributed by atoms with Gasteiger partial charge in [-0.05, 0) is 106 Å². The molecule has 2 fully saturated rings. The number of hydrogen-bond donors (Lipinski definition) is 2. The number of imide groups is 1. The zero-order valence-corrected chi connectivity index (χ0v) is 31.2. The standard InChI is InChI=1S/C42H46N4O9/c1-3-28-29-17-27(13-14-33(29)44-37-30(28)21-45-34(37)18-32-31(39(45)50)22-54-41(52)42(32,53)4-2)55-40(51)26-11-5-23(6-12-26)19-43-38(49)25-9-7-24(8-10-25)20-46-35(47)15-16-36(46)48/h13-18,23-26,53H,3-12,19-22H2,1-2H3,(H,43,49)/t23?,24?,25?,26?,42-/m0/s1. The van der Waals surface area contributed by atoms with Gasteiger partial charge in [0.2, 0.25) is 5.91 Å². The van der Waals surface area contributed by atoms with Crippen LogP contribution >= 0.6 is 0 Å². The molecule has 5 aliphatic rings. The molecule has 0 unspecified atom stereocenters. The Kier molecular flexibility index (Phi) is 9.69. The van der Waals surface area contributed by atoms with Gasteiger partial charge in [-0.25, -0.2) is 9.78 Å². The summed E-state index contributed by atoms with van der Waals surface area (Å²) in [5.41, 5.74) is 2.08. The number of carbonyl (C=O) groups excluding carboxylic acids is 5. The maximum Gasteiger partial charge on any atom is 0.343 e. The van der Waals surface area contributed by atoms with Crippen molar-refractivity contribution in [3.05, 3.63) is 69.0 Å². The number of hydrogen-bond acceptors (Lipinski definition) is 10. The molecule has 2 aromatic heterocycles. The van der Waals surface area contributed by atoms with E-state index in [2.05, 4.69) is 5.32 Å². The Morgan fingerprint density at radius 3 is 2.31 bits per heavy atom. The minimum absolute atomic E-state index is 0.0580. The van der Waals surface area contributed by atoms with Crippen LogP contribution in [0.3, 0.4) is 0 Å². The number of nitrogens with zero attached hydrogens (tertiary/aromatic N) is 3. The SMILES string of the molecule is CCc1c2c(nc3ccc(OC(=O)C4CCC(CNC(=O)C5CCC(CN6C(=O)C=CC6=O)CC5)CC4)cc13)-c1cc3c(c(=O)n1C2)COC(=O)[C@]3(O)CC. The lowest BCUT2D eigenvalue weighted by Gasteiger charge is -2.31. The average molecular weight is 751 g/mol. The zero-order valence-electron chi connectivity index (χ0n) is 31.2. The van der Waals surface area contributed by atoms with Gasteiger partial charge in [0.1, 0.15) is 12.4 Å². The van der Waals surface area contributed by atoms with Crippen molar-refractivity contribution in [2.75, 3.05) is 13.1 Å². The van der Waals surface area contributed by atoms with Crippen LogP contribution in [0.4, 0.5) is 0 Å². The summed E-state index contributed by atoms with van der Waals surface area (Å²) in [5, 5.41) is 15.2. The third-order valence-electron chi connectivity index (χ3n) is 12.7. The molecule has 0 bridgehead atoms. The van der Waals surface area contributed by atoms with E-state index in [1.807, 2.05) is 19.1 Å². The maximum atomic E-state index is 13.7. The molecule has 2 N–H and O–H groups in total. The lowest BCUT2D eigenvalue weighted by atomic mass is 9.80. The molecule has 13 nitrogen and oxygen atoms in total. The van der Waals surface area contributed by atoms with Gasteiger partial charge >= 0.3 is 11.9 Å². The van der Waals surface area contributed by atoms with Crippen molar-refractivity contribution in [1.29, 1.82) is 0 Å². The lowest BCUT2D eigenvalue weighted by Crippen LogP contribution is -2.44. The molecule has 3 amide bonds. The van der Waals surface area contributed by atoms with Crippen molar-refractivity contribution in [2.24, 2.45) is 23.7 Å². The van der Waals surface area contributed by atoms with Crippen molar-refractivity contribution in [3.8, 4) is 17.1 Å². The topological polar surface area (TPSA) is 174 Å². The highest BCUT2D eigenvalue weighted by Gasteiger charge is 2.45. The van der Waals surface area contributed by atoms with E-state index in [1.165, 1.54) is 17.1 Å². The molecule has 0 saturated heterocycles. The van der Waals surface area contributed by atoms with Gasteiger partial charge in [-0.2, -0.15) is 0 Å². The number of nitrogens with one attached hydrogen (secondary N) is 1. The summed E-state index contributed by atoms with van der Waals surface area (Å²) in [5.74, 6) is -0.859. The minimum Gasteiger partial charge on any atom is -0.458 e. The normalized spacial score (nSPS) is 25.7. The van der Waals surface area contributed by atoms with Crippen LogP contribution in [0.25, 0.3) is 22.3 Å². The van der Waals surface area contributed by atoms with E-state index in [0.29, 0.717) is 61.6 Å². The summed E-state index contributed by atoms with van der Waals surface area (Å²) in [7, 11) is 0. The number of aliphatic hydroxyl groups is 1. The van der Waals surface area contributed by atoms with Gasteiger partial charge < -0.3 is 24.5 Å². The van der Waals surface area contributed by atoms with Gasteiger partial charge in [0.15, 0.2) is 5.60 Å². The lowest BCUT2D eigenvalue weighted by molar-refractivity contribution is -0.172. The van der Waals surface area contributed by atoms with Crippen molar-refractivity contribution in [2.45, 2.75) is 96.8 Å². The fourth-order valence-corrected chi connectivity index (χ4v) is 9.28. The Labute approximate surface area is 318 Å². The second-order valence-electron chi connectivity index (χ2n) is 15.8. The predicted molar refractivity (Wildman–Crippen MR) is 199 cm³/mol. The van der Waals surface area contributed by atoms with Crippen LogP contribution in [-0.2, 0) is 53.9 Å². The average Bonchev–Trinajstić information content (AvgIpc) is 3.72. The Morgan fingerprint density at radius 2 is 1.62 bits per heavy atom. The van der Waals surface area contributed by atoms with Gasteiger partial charge in [-0.1, -0.05) is 13.8 Å². The second-order valence-corrected chi connectivity index (χ2v) is 15.8. The third kappa shape index (κ3) is 6.55. The first-order valence-corrected chi connectivity index (χ1v) is 19.6. The number of aryl methyl sites for hydroxylation is 1. The number of benzene rings is 1. The molecule has 2 saturated carbocycles. The van der Waals surface area contributed by atoms with E-state index in [9.17, 15) is 33.9 Å². The number of fused-ring (bicyclic) bond motifs is 5. The summed E-state index contributed by atoms with van der Waals surface area (Å²) in [6, 6.07) is 7.10. The maximum absolute atomic E-state index is 13.7. The number of carbonyl (C=O) groups is 5. The third-order valence-corrected chi connectivity index (χ3v) is 12.7. The van der Waals surface area contributed by atoms with E-state index >= 15 is 0 Å². The Morgan fingerprint density at radius 1 is 0.927 bits per heavy atom. The van der Waals surface area contributed by atoms with Crippen LogP contribution in [0.1, 0.15) is 93.9 Å². The van der Waals surface area contributed by atoms with E-state index in [4.69, 9.17) is 14.5 Å².